The average molecular weight is 601 g/mol. The van der Waals surface area contributed by atoms with Crippen molar-refractivity contribution in [2.75, 3.05) is 13.2 Å². The lowest BCUT2D eigenvalue weighted by atomic mass is 9.79. The van der Waals surface area contributed by atoms with Crippen molar-refractivity contribution >= 4 is 34.0 Å². The molecule has 1 aliphatic heterocycles. The summed E-state index contributed by atoms with van der Waals surface area (Å²) >= 11 is 5.43. The SMILES string of the molecule is CCCCCCCCCCC1(CCCCCCCCCC)COc2c(-c3cccs3)sc(-c3cccs3)c2OC1. The van der Waals surface area contributed by atoms with Crippen LogP contribution in [0.25, 0.3) is 19.5 Å². The van der Waals surface area contributed by atoms with E-state index in [0.717, 1.165) is 24.7 Å². The van der Waals surface area contributed by atoms with Crippen molar-refractivity contribution in [1.82, 2.24) is 0 Å². The van der Waals surface area contributed by atoms with Crippen LogP contribution in [0.1, 0.15) is 129 Å². The molecule has 0 N–H and O–H groups in total. The largest absolute Gasteiger partial charge is 0.487 e. The number of hydrogen-bond donors (Lipinski definition) is 0. The second kappa shape index (κ2) is 17.6. The summed E-state index contributed by atoms with van der Waals surface area (Å²) in [4.78, 5) is 5.05. The molecule has 1 aliphatic rings. The number of thiophene rings is 3. The highest BCUT2D eigenvalue weighted by atomic mass is 32.1. The predicted molar refractivity (Wildman–Crippen MR) is 179 cm³/mol. The van der Waals surface area contributed by atoms with Crippen molar-refractivity contribution in [2.45, 2.75) is 129 Å². The van der Waals surface area contributed by atoms with Gasteiger partial charge in [-0.15, -0.1) is 34.0 Å². The van der Waals surface area contributed by atoms with E-state index in [4.69, 9.17) is 9.47 Å². The lowest BCUT2D eigenvalue weighted by molar-refractivity contribution is 0.0784. The number of fused-ring (bicyclic) bond motifs is 1. The van der Waals surface area contributed by atoms with E-state index in [1.54, 1.807) is 22.7 Å². The minimum absolute atomic E-state index is 0.112. The zero-order valence-corrected chi connectivity index (χ0v) is 27.6. The summed E-state index contributed by atoms with van der Waals surface area (Å²) in [5, 5.41) is 4.33. The van der Waals surface area contributed by atoms with Gasteiger partial charge >= 0.3 is 0 Å². The normalized spacial score (nSPS) is 14.4. The van der Waals surface area contributed by atoms with Crippen molar-refractivity contribution in [3.8, 4) is 31.0 Å². The van der Waals surface area contributed by atoms with E-state index in [9.17, 15) is 0 Å². The molecular weight excluding hydrogens is 549 g/mol. The minimum Gasteiger partial charge on any atom is -0.487 e. The fraction of sp³-hybridized carbons (Fsp3) is 0.657. The molecule has 4 heterocycles. The molecule has 3 aromatic rings. The van der Waals surface area contributed by atoms with Crippen LogP contribution < -0.4 is 9.47 Å². The molecule has 40 heavy (non-hydrogen) atoms. The summed E-state index contributed by atoms with van der Waals surface area (Å²) in [6, 6.07) is 8.72. The van der Waals surface area contributed by atoms with Crippen LogP contribution in [0.5, 0.6) is 11.5 Å². The van der Waals surface area contributed by atoms with Crippen LogP contribution in [0.2, 0.25) is 0 Å². The molecule has 4 rings (SSSR count). The van der Waals surface area contributed by atoms with Crippen LogP contribution >= 0.6 is 34.0 Å². The average Bonchev–Trinajstić information content (AvgIpc) is 3.73. The molecule has 0 fully saturated rings. The van der Waals surface area contributed by atoms with Crippen molar-refractivity contribution < 1.29 is 9.47 Å². The number of rotatable bonds is 20. The Kier molecular flexibility index (Phi) is 13.9. The second-order valence-electron chi connectivity index (χ2n) is 11.9. The second-order valence-corrected chi connectivity index (χ2v) is 14.8. The Hall–Kier alpha value is -1.30. The van der Waals surface area contributed by atoms with E-state index in [-0.39, 0.29) is 5.41 Å². The monoisotopic (exact) mass is 600 g/mol. The van der Waals surface area contributed by atoms with E-state index in [2.05, 4.69) is 48.9 Å². The first-order valence-electron chi connectivity index (χ1n) is 16.3. The summed E-state index contributed by atoms with van der Waals surface area (Å²) in [5.74, 6) is 1.98. The fourth-order valence-corrected chi connectivity index (χ4v) is 8.87. The Bertz CT molecular complexity index is 968. The van der Waals surface area contributed by atoms with Crippen molar-refractivity contribution in [1.29, 1.82) is 0 Å². The van der Waals surface area contributed by atoms with Gasteiger partial charge in [0.1, 0.15) is 0 Å². The zero-order chi connectivity index (χ0) is 27.9. The predicted octanol–water partition coefficient (Wildman–Crippen LogP) is 13.0. The smallest absolute Gasteiger partial charge is 0.181 e. The topological polar surface area (TPSA) is 18.5 Å². The van der Waals surface area contributed by atoms with Crippen LogP contribution in [0, 0.1) is 5.41 Å². The lowest BCUT2D eigenvalue weighted by Crippen LogP contribution is -2.33. The number of hydrogen-bond acceptors (Lipinski definition) is 5. The van der Waals surface area contributed by atoms with E-state index in [1.165, 1.54) is 135 Å². The summed E-state index contributed by atoms with van der Waals surface area (Å²) in [6.07, 6.45) is 24.3. The molecule has 5 heteroatoms. The van der Waals surface area contributed by atoms with Gasteiger partial charge in [-0.3, -0.25) is 0 Å². The molecule has 0 radical (unpaired) electrons. The molecule has 0 bridgehead atoms. The van der Waals surface area contributed by atoms with Gasteiger partial charge in [0.25, 0.3) is 0 Å². The van der Waals surface area contributed by atoms with Crippen molar-refractivity contribution in [3.63, 3.8) is 0 Å². The first-order chi connectivity index (χ1) is 19.8. The summed E-state index contributed by atoms with van der Waals surface area (Å²) in [5.41, 5.74) is 0.112. The Morgan fingerprint density at radius 1 is 0.575 bits per heavy atom. The van der Waals surface area contributed by atoms with Gasteiger partial charge in [-0.25, -0.2) is 0 Å². The molecule has 0 saturated carbocycles. The Morgan fingerprint density at radius 2 is 0.975 bits per heavy atom. The molecule has 2 nitrogen and oxygen atoms in total. The Balaban J connectivity index is 1.41. The maximum atomic E-state index is 6.84. The van der Waals surface area contributed by atoms with Gasteiger partial charge in [0.15, 0.2) is 11.5 Å². The van der Waals surface area contributed by atoms with E-state index < -0.39 is 0 Å². The number of unbranched alkanes of at least 4 members (excludes halogenated alkanes) is 14. The van der Waals surface area contributed by atoms with Gasteiger partial charge in [-0.2, -0.15) is 0 Å². The molecule has 0 aromatic carbocycles. The molecule has 3 aromatic heterocycles. The number of ether oxygens (including phenoxy) is 2. The van der Waals surface area contributed by atoms with Crippen LogP contribution in [0.3, 0.4) is 0 Å². The van der Waals surface area contributed by atoms with Crippen LogP contribution in [-0.2, 0) is 0 Å². The highest BCUT2D eigenvalue weighted by Gasteiger charge is 2.37. The fourth-order valence-electron chi connectivity index (χ4n) is 5.98. The lowest BCUT2D eigenvalue weighted by Gasteiger charge is -2.31. The standard InChI is InChI=1S/C35H52O2S3/c1-3-5-7-9-11-13-15-17-23-35(24-18-16-14-12-10-8-6-4-2)27-36-31-32(37-28-35)34(30-22-20-26-39-30)40-33(31)29-21-19-25-38-29/h19-22,25-26H,3-18,23-24,27-28H2,1-2H3. The van der Waals surface area contributed by atoms with Gasteiger partial charge in [-0.05, 0) is 35.7 Å². The highest BCUT2D eigenvalue weighted by Crippen LogP contribution is 2.56. The third-order valence-corrected chi connectivity index (χ3v) is 11.7. The van der Waals surface area contributed by atoms with Crippen molar-refractivity contribution in [2.24, 2.45) is 5.41 Å². The third-order valence-electron chi connectivity index (χ3n) is 8.48. The first kappa shape index (κ1) is 31.6. The van der Waals surface area contributed by atoms with Gasteiger partial charge in [0.05, 0.1) is 23.0 Å². The first-order valence-corrected chi connectivity index (χ1v) is 18.8. The Morgan fingerprint density at radius 3 is 1.35 bits per heavy atom. The van der Waals surface area contributed by atoms with Crippen LogP contribution in [-0.4, -0.2) is 13.2 Å². The van der Waals surface area contributed by atoms with Gasteiger partial charge in [-0.1, -0.05) is 129 Å². The minimum atomic E-state index is 0.112. The van der Waals surface area contributed by atoms with Crippen LogP contribution in [0.15, 0.2) is 35.0 Å². The third kappa shape index (κ3) is 9.36. The molecule has 0 unspecified atom stereocenters. The maximum absolute atomic E-state index is 6.84. The van der Waals surface area contributed by atoms with Crippen molar-refractivity contribution in [3.05, 3.63) is 35.0 Å². The van der Waals surface area contributed by atoms with E-state index in [1.807, 2.05) is 11.3 Å². The quantitative estimate of drug-likeness (QED) is 0.120. The molecule has 0 amide bonds. The molecule has 0 atom stereocenters. The van der Waals surface area contributed by atoms with Gasteiger partial charge in [0.2, 0.25) is 0 Å². The van der Waals surface area contributed by atoms with E-state index in [0.29, 0.717) is 0 Å². The van der Waals surface area contributed by atoms with Gasteiger partial charge in [0, 0.05) is 15.2 Å². The molecule has 222 valence electrons. The Labute approximate surface area is 256 Å². The molecule has 0 aliphatic carbocycles. The van der Waals surface area contributed by atoms with Gasteiger partial charge < -0.3 is 9.47 Å². The highest BCUT2D eigenvalue weighted by molar-refractivity contribution is 7.26. The van der Waals surface area contributed by atoms with E-state index >= 15 is 0 Å². The molecule has 0 saturated heterocycles. The summed E-state index contributed by atoms with van der Waals surface area (Å²) in [7, 11) is 0. The van der Waals surface area contributed by atoms with Crippen LogP contribution in [0.4, 0.5) is 0 Å². The summed E-state index contributed by atoms with van der Waals surface area (Å²) in [6.45, 7) is 6.17. The molecule has 0 spiro atoms. The summed E-state index contributed by atoms with van der Waals surface area (Å²) < 4.78 is 13.7. The zero-order valence-electron chi connectivity index (χ0n) is 25.1. The molecular formula is C35H52O2S3. The maximum Gasteiger partial charge on any atom is 0.181 e.